The van der Waals surface area contributed by atoms with Crippen molar-refractivity contribution in [3.63, 3.8) is 0 Å². The van der Waals surface area contributed by atoms with Gasteiger partial charge in [-0.05, 0) is 41.8 Å². The summed E-state index contributed by atoms with van der Waals surface area (Å²) in [6.07, 6.45) is 0.601. The van der Waals surface area contributed by atoms with Crippen molar-refractivity contribution in [3.05, 3.63) is 47.5 Å². The average Bonchev–Trinajstić information content (AvgIpc) is 3.15. The molecule has 3 rings (SSSR count). The molecular formula is C22H28O6. The molecule has 28 heavy (non-hydrogen) atoms. The molecule has 1 saturated heterocycles. The Morgan fingerprint density at radius 3 is 2.00 bits per heavy atom. The molecule has 152 valence electrons. The molecule has 1 heterocycles. The maximum Gasteiger partial charge on any atom is 0.161 e. The molecule has 0 N–H and O–H groups in total. The summed E-state index contributed by atoms with van der Waals surface area (Å²) in [5, 5.41) is 0. The first-order valence-corrected chi connectivity index (χ1v) is 9.22. The molecule has 3 atom stereocenters. The predicted octanol–water partition coefficient (Wildman–Crippen LogP) is 3.67. The van der Waals surface area contributed by atoms with Crippen molar-refractivity contribution in [1.29, 1.82) is 0 Å². The summed E-state index contributed by atoms with van der Waals surface area (Å²) in [6, 6.07) is 11.8. The molecule has 0 saturated carbocycles. The number of benzene rings is 2. The topological polar surface area (TPSA) is 55.4 Å². The minimum absolute atomic E-state index is 0.0637. The van der Waals surface area contributed by atoms with Crippen LogP contribution in [0.3, 0.4) is 0 Å². The Hall–Kier alpha value is -2.44. The standard InChI is InChI=1S/C22H28O6/c1-23-17-8-6-14(11-19(17)25-3)10-16-13-28-22(21(16)27-5)15-7-9-18(24-2)20(12-15)26-4/h6-9,11-12,16,21-22H,10,13H2,1-5H3. The minimum Gasteiger partial charge on any atom is -0.493 e. The summed E-state index contributed by atoms with van der Waals surface area (Å²) in [5.41, 5.74) is 2.17. The lowest BCUT2D eigenvalue weighted by molar-refractivity contribution is 0.00784. The normalized spacial score (nSPS) is 21.4. The molecule has 6 nitrogen and oxygen atoms in total. The van der Waals surface area contributed by atoms with Crippen LogP contribution in [0.15, 0.2) is 36.4 Å². The summed E-state index contributed by atoms with van der Waals surface area (Å²) in [7, 11) is 8.27. The third-order valence-corrected chi connectivity index (χ3v) is 5.21. The Morgan fingerprint density at radius 1 is 0.786 bits per heavy atom. The van der Waals surface area contributed by atoms with Crippen molar-refractivity contribution in [2.75, 3.05) is 42.2 Å². The Balaban J connectivity index is 1.79. The van der Waals surface area contributed by atoms with Crippen LogP contribution in [0.5, 0.6) is 23.0 Å². The number of rotatable bonds is 8. The van der Waals surface area contributed by atoms with Crippen LogP contribution in [-0.4, -0.2) is 48.3 Å². The van der Waals surface area contributed by atoms with Crippen LogP contribution in [0.2, 0.25) is 0 Å². The quantitative estimate of drug-likeness (QED) is 0.688. The molecule has 0 aliphatic carbocycles. The first kappa shape index (κ1) is 20.3. The van der Waals surface area contributed by atoms with Gasteiger partial charge in [-0.3, -0.25) is 0 Å². The molecule has 2 aromatic rings. The van der Waals surface area contributed by atoms with Crippen molar-refractivity contribution in [2.24, 2.45) is 5.92 Å². The second kappa shape index (κ2) is 9.17. The summed E-state index contributed by atoms with van der Waals surface area (Å²) < 4.78 is 33.5. The highest BCUT2D eigenvalue weighted by Gasteiger charge is 2.38. The minimum atomic E-state index is -0.157. The molecule has 1 fully saturated rings. The van der Waals surface area contributed by atoms with Gasteiger partial charge in [0.2, 0.25) is 0 Å². The van der Waals surface area contributed by atoms with Gasteiger partial charge >= 0.3 is 0 Å². The van der Waals surface area contributed by atoms with Crippen LogP contribution >= 0.6 is 0 Å². The third kappa shape index (κ3) is 4.03. The van der Waals surface area contributed by atoms with E-state index in [1.165, 1.54) is 0 Å². The maximum atomic E-state index is 6.12. The Kier molecular flexibility index (Phi) is 6.65. The second-order valence-electron chi connectivity index (χ2n) is 6.72. The zero-order chi connectivity index (χ0) is 20.1. The van der Waals surface area contributed by atoms with Gasteiger partial charge in [0.1, 0.15) is 6.10 Å². The van der Waals surface area contributed by atoms with E-state index in [2.05, 4.69) is 6.07 Å². The van der Waals surface area contributed by atoms with E-state index in [9.17, 15) is 0 Å². The summed E-state index contributed by atoms with van der Waals surface area (Å²) >= 11 is 0. The van der Waals surface area contributed by atoms with Crippen LogP contribution in [0, 0.1) is 5.92 Å². The van der Waals surface area contributed by atoms with E-state index in [-0.39, 0.29) is 18.1 Å². The smallest absolute Gasteiger partial charge is 0.161 e. The molecule has 0 aromatic heterocycles. The average molecular weight is 388 g/mol. The predicted molar refractivity (Wildman–Crippen MR) is 106 cm³/mol. The fourth-order valence-electron chi connectivity index (χ4n) is 3.78. The van der Waals surface area contributed by atoms with Gasteiger partial charge in [0.15, 0.2) is 23.0 Å². The Morgan fingerprint density at radius 2 is 1.39 bits per heavy atom. The summed E-state index contributed by atoms with van der Waals surface area (Å²) in [5.74, 6) is 3.05. The monoisotopic (exact) mass is 388 g/mol. The molecule has 3 unspecified atom stereocenters. The van der Waals surface area contributed by atoms with Gasteiger partial charge in [-0.2, -0.15) is 0 Å². The van der Waals surface area contributed by atoms with Gasteiger partial charge in [0.25, 0.3) is 0 Å². The van der Waals surface area contributed by atoms with Gasteiger partial charge in [-0.25, -0.2) is 0 Å². The number of hydrogen-bond acceptors (Lipinski definition) is 6. The SMILES string of the molecule is COc1ccc(CC2COC(c3ccc(OC)c(OC)c3)C2OC)cc1OC. The van der Waals surface area contributed by atoms with E-state index >= 15 is 0 Å². The molecule has 0 bridgehead atoms. The fourth-order valence-corrected chi connectivity index (χ4v) is 3.78. The van der Waals surface area contributed by atoms with Crippen molar-refractivity contribution in [2.45, 2.75) is 18.6 Å². The zero-order valence-electron chi connectivity index (χ0n) is 17.1. The van der Waals surface area contributed by atoms with E-state index in [1.54, 1.807) is 35.5 Å². The van der Waals surface area contributed by atoms with Gasteiger partial charge in [0, 0.05) is 13.0 Å². The highest BCUT2D eigenvalue weighted by molar-refractivity contribution is 5.44. The first-order chi connectivity index (χ1) is 13.6. The van der Waals surface area contributed by atoms with Crippen LogP contribution in [-0.2, 0) is 15.9 Å². The summed E-state index contributed by atoms with van der Waals surface area (Å²) in [4.78, 5) is 0. The Labute approximate surface area is 166 Å². The third-order valence-electron chi connectivity index (χ3n) is 5.21. The lowest BCUT2D eigenvalue weighted by Gasteiger charge is -2.23. The largest absolute Gasteiger partial charge is 0.493 e. The van der Waals surface area contributed by atoms with Crippen LogP contribution < -0.4 is 18.9 Å². The second-order valence-corrected chi connectivity index (χ2v) is 6.72. The zero-order valence-corrected chi connectivity index (χ0v) is 17.1. The summed E-state index contributed by atoms with van der Waals surface area (Å²) in [6.45, 7) is 0.617. The molecule has 2 aromatic carbocycles. The molecule has 6 heteroatoms. The van der Waals surface area contributed by atoms with Crippen molar-refractivity contribution >= 4 is 0 Å². The molecular weight excluding hydrogens is 360 g/mol. The molecule has 1 aliphatic heterocycles. The van der Waals surface area contributed by atoms with Crippen molar-refractivity contribution in [3.8, 4) is 23.0 Å². The number of ether oxygens (including phenoxy) is 6. The van der Waals surface area contributed by atoms with E-state index < -0.39 is 0 Å². The van der Waals surface area contributed by atoms with E-state index in [0.717, 1.165) is 29.0 Å². The lowest BCUT2D eigenvalue weighted by Crippen LogP contribution is -2.25. The Bertz CT molecular complexity index is 791. The van der Waals surface area contributed by atoms with Crippen LogP contribution in [0.25, 0.3) is 0 Å². The molecule has 0 spiro atoms. The lowest BCUT2D eigenvalue weighted by atomic mass is 9.91. The van der Waals surface area contributed by atoms with Crippen molar-refractivity contribution in [1.82, 2.24) is 0 Å². The number of hydrogen-bond donors (Lipinski definition) is 0. The van der Waals surface area contributed by atoms with Crippen LogP contribution in [0.4, 0.5) is 0 Å². The van der Waals surface area contributed by atoms with Crippen LogP contribution in [0.1, 0.15) is 17.2 Å². The molecule has 0 radical (unpaired) electrons. The number of methoxy groups -OCH3 is 5. The van der Waals surface area contributed by atoms with Gasteiger partial charge in [-0.15, -0.1) is 0 Å². The maximum absolute atomic E-state index is 6.12. The molecule has 1 aliphatic rings. The van der Waals surface area contributed by atoms with E-state index in [1.807, 2.05) is 30.3 Å². The van der Waals surface area contributed by atoms with Gasteiger partial charge in [0.05, 0.1) is 41.2 Å². The van der Waals surface area contributed by atoms with Gasteiger partial charge in [-0.1, -0.05) is 12.1 Å². The highest BCUT2D eigenvalue weighted by Crippen LogP contribution is 2.40. The van der Waals surface area contributed by atoms with Gasteiger partial charge < -0.3 is 28.4 Å². The van der Waals surface area contributed by atoms with E-state index in [4.69, 9.17) is 28.4 Å². The highest BCUT2D eigenvalue weighted by atomic mass is 16.6. The molecule has 0 amide bonds. The fraction of sp³-hybridized carbons (Fsp3) is 0.455. The van der Waals surface area contributed by atoms with Crippen molar-refractivity contribution < 1.29 is 28.4 Å². The van der Waals surface area contributed by atoms with E-state index in [0.29, 0.717) is 18.1 Å². The first-order valence-electron chi connectivity index (χ1n) is 9.22.